The zero-order valence-electron chi connectivity index (χ0n) is 17.0. The summed E-state index contributed by atoms with van der Waals surface area (Å²) in [5.74, 6) is 0.129. The quantitative estimate of drug-likeness (QED) is 0.377. The zero-order chi connectivity index (χ0) is 23.9. The Morgan fingerprint density at radius 3 is 2.59 bits per heavy atom. The minimum atomic E-state index is -4.85. The van der Waals surface area contributed by atoms with Crippen LogP contribution in [0.25, 0.3) is 17.2 Å². The fourth-order valence-electron chi connectivity index (χ4n) is 3.46. The smallest absolute Gasteiger partial charge is 0.369 e. The number of nitrogens with one attached hydrogen (secondary N) is 1. The van der Waals surface area contributed by atoms with E-state index in [0.29, 0.717) is 4.68 Å². The number of aliphatic hydroxyl groups is 1. The number of hydrogen-bond donors (Lipinski definition) is 2. The van der Waals surface area contributed by atoms with E-state index in [2.05, 4.69) is 30.6 Å². The summed E-state index contributed by atoms with van der Waals surface area (Å²) in [7, 11) is 0. The number of aliphatic hydroxyl groups excluding tert-OH is 1. The first-order valence-electron chi connectivity index (χ1n) is 9.65. The number of hydrogen-bond acceptors (Lipinski definition) is 8. The molecule has 1 unspecified atom stereocenters. The standard InChI is InChI=1S/C20H13F3N10O/c21-20(22,23)16-14(11-29-32(16)15-2-1-6-31-7-5-25-18(15)31)19(34)30-13-8-12(9-24)17(26-10-13)33-27-3-4-28-33/h1-8,10-11,19,30,34H. The molecule has 5 aromatic rings. The normalized spacial score (nSPS) is 12.6. The van der Waals surface area contributed by atoms with E-state index in [9.17, 15) is 23.5 Å². The molecule has 5 aromatic heterocycles. The Hall–Kier alpha value is -4.77. The summed E-state index contributed by atoms with van der Waals surface area (Å²) >= 11 is 0. The molecule has 170 valence electrons. The lowest BCUT2D eigenvalue weighted by molar-refractivity contribution is -0.144. The molecule has 14 heteroatoms. The Morgan fingerprint density at radius 2 is 1.85 bits per heavy atom. The summed E-state index contributed by atoms with van der Waals surface area (Å²) in [6, 6.07) is 6.24. The van der Waals surface area contributed by atoms with Crippen LogP contribution < -0.4 is 5.32 Å². The minimum absolute atomic E-state index is 0.0473. The molecule has 0 aliphatic carbocycles. The van der Waals surface area contributed by atoms with Gasteiger partial charge in [0.2, 0.25) is 0 Å². The zero-order valence-corrected chi connectivity index (χ0v) is 17.0. The van der Waals surface area contributed by atoms with E-state index in [0.717, 1.165) is 11.0 Å². The molecule has 0 aliphatic heterocycles. The van der Waals surface area contributed by atoms with Crippen LogP contribution in [0, 0.1) is 11.3 Å². The molecule has 0 amide bonds. The number of pyridine rings is 2. The summed E-state index contributed by atoms with van der Waals surface area (Å²) in [6.07, 6.45) is 3.00. The predicted molar refractivity (Wildman–Crippen MR) is 110 cm³/mol. The van der Waals surface area contributed by atoms with Crippen LogP contribution >= 0.6 is 0 Å². The molecule has 0 bridgehead atoms. The SMILES string of the molecule is N#Cc1cc(NC(O)c2cnn(-c3cccn4ccnc34)c2C(F)(F)F)cnc1-n1nccn1. The lowest BCUT2D eigenvalue weighted by Crippen LogP contribution is -2.20. The molecule has 0 saturated heterocycles. The molecular formula is C20H13F3N10O. The number of nitriles is 1. The maximum atomic E-state index is 14.1. The first kappa shape index (κ1) is 21.1. The molecule has 0 saturated carbocycles. The van der Waals surface area contributed by atoms with Gasteiger partial charge in [0, 0.05) is 18.6 Å². The van der Waals surface area contributed by atoms with Crippen LogP contribution in [0.15, 0.2) is 61.6 Å². The summed E-state index contributed by atoms with van der Waals surface area (Å²) in [6.45, 7) is 0. The summed E-state index contributed by atoms with van der Waals surface area (Å²) in [5.41, 5.74) is -1.19. The first-order valence-corrected chi connectivity index (χ1v) is 9.65. The topological polar surface area (TPSA) is 135 Å². The van der Waals surface area contributed by atoms with Crippen molar-refractivity contribution in [3.05, 3.63) is 78.4 Å². The molecule has 0 radical (unpaired) electrons. The third-order valence-electron chi connectivity index (χ3n) is 4.89. The Balaban J connectivity index is 1.52. The Bertz CT molecular complexity index is 1510. The maximum Gasteiger partial charge on any atom is 0.433 e. The highest BCUT2D eigenvalue weighted by Crippen LogP contribution is 2.37. The molecule has 0 aromatic carbocycles. The van der Waals surface area contributed by atoms with Gasteiger partial charge in [-0.2, -0.15) is 33.7 Å². The molecular weight excluding hydrogens is 453 g/mol. The van der Waals surface area contributed by atoms with E-state index in [4.69, 9.17) is 0 Å². The number of alkyl halides is 3. The average molecular weight is 466 g/mol. The van der Waals surface area contributed by atoms with Crippen LogP contribution in [0.2, 0.25) is 0 Å². The lowest BCUT2D eigenvalue weighted by atomic mass is 10.2. The lowest BCUT2D eigenvalue weighted by Gasteiger charge is -2.18. The van der Waals surface area contributed by atoms with Crippen molar-refractivity contribution in [1.29, 1.82) is 5.26 Å². The number of aromatic nitrogens is 8. The molecule has 0 aliphatic rings. The van der Waals surface area contributed by atoms with Crippen LogP contribution in [0.1, 0.15) is 23.0 Å². The highest BCUT2D eigenvalue weighted by molar-refractivity contribution is 5.60. The van der Waals surface area contributed by atoms with Gasteiger partial charge in [0.1, 0.15) is 17.3 Å². The van der Waals surface area contributed by atoms with Crippen LogP contribution in [0.3, 0.4) is 0 Å². The van der Waals surface area contributed by atoms with Crippen molar-refractivity contribution in [3.63, 3.8) is 0 Å². The van der Waals surface area contributed by atoms with E-state index in [1.807, 2.05) is 6.07 Å². The monoisotopic (exact) mass is 466 g/mol. The largest absolute Gasteiger partial charge is 0.433 e. The van der Waals surface area contributed by atoms with Crippen molar-refractivity contribution in [2.75, 3.05) is 5.32 Å². The number of imidazole rings is 1. The molecule has 1 atom stereocenters. The van der Waals surface area contributed by atoms with E-state index < -0.39 is 23.7 Å². The van der Waals surface area contributed by atoms with Gasteiger partial charge >= 0.3 is 6.18 Å². The van der Waals surface area contributed by atoms with E-state index in [1.54, 1.807) is 22.9 Å². The molecule has 2 N–H and O–H groups in total. The van der Waals surface area contributed by atoms with Crippen LogP contribution in [0.5, 0.6) is 0 Å². The Morgan fingerprint density at radius 1 is 1.06 bits per heavy atom. The number of fused-ring (bicyclic) bond motifs is 1. The Kier molecular flexibility index (Phi) is 4.95. The van der Waals surface area contributed by atoms with E-state index >= 15 is 0 Å². The third kappa shape index (κ3) is 3.59. The van der Waals surface area contributed by atoms with Crippen LogP contribution in [-0.2, 0) is 6.18 Å². The second-order valence-corrected chi connectivity index (χ2v) is 6.98. The van der Waals surface area contributed by atoms with Gasteiger partial charge in [-0.15, -0.1) is 4.80 Å². The average Bonchev–Trinajstić information content (AvgIpc) is 3.58. The predicted octanol–water partition coefficient (Wildman–Crippen LogP) is 2.49. The van der Waals surface area contributed by atoms with Gasteiger partial charge < -0.3 is 14.8 Å². The fraction of sp³-hybridized carbons (Fsp3) is 0.100. The van der Waals surface area contributed by atoms with Gasteiger partial charge in [0.25, 0.3) is 0 Å². The van der Waals surface area contributed by atoms with Gasteiger partial charge in [-0.3, -0.25) is 0 Å². The molecule has 11 nitrogen and oxygen atoms in total. The number of halogens is 3. The number of rotatable bonds is 5. The van der Waals surface area contributed by atoms with Gasteiger partial charge in [-0.05, 0) is 18.2 Å². The molecule has 34 heavy (non-hydrogen) atoms. The second-order valence-electron chi connectivity index (χ2n) is 6.98. The molecule has 0 spiro atoms. The second kappa shape index (κ2) is 7.98. The summed E-state index contributed by atoms with van der Waals surface area (Å²) in [4.78, 5) is 9.30. The molecule has 5 heterocycles. The van der Waals surface area contributed by atoms with Crippen molar-refractivity contribution >= 4 is 11.3 Å². The summed E-state index contributed by atoms with van der Waals surface area (Å²) < 4.78 is 44.5. The van der Waals surface area contributed by atoms with E-state index in [1.165, 1.54) is 36.9 Å². The number of anilines is 1. The summed E-state index contributed by atoms with van der Waals surface area (Å²) in [5, 5.41) is 34.3. The van der Waals surface area contributed by atoms with Gasteiger partial charge in [-0.25, -0.2) is 14.6 Å². The van der Waals surface area contributed by atoms with Crippen molar-refractivity contribution in [2.24, 2.45) is 0 Å². The van der Waals surface area contributed by atoms with Crippen molar-refractivity contribution in [2.45, 2.75) is 12.4 Å². The minimum Gasteiger partial charge on any atom is -0.369 e. The molecule has 0 fully saturated rings. The van der Waals surface area contributed by atoms with Crippen molar-refractivity contribution in [3.8, 4) is 17.6 Å². The third-order valence-corrected chi connectivity index (χ3v) is 4.89. The van der Waals surface area contributed by atoms with Gasteiger partial charge in [0.05, 0.1) is 36.0 Å². The van der Waals surface area contributed by atoms with Crippen molar-refractivity contribution in [1.82, 2.24) is 39.1 Å². The van der Waals surface area contributed by atoms with Crippen LogP contribution in [0.4, 0.5) is 18.9 Å². The highest BCUT2D eigenvalue weighted by Gasteiger charge is 2.40. The van der Waals surface area contributed by atoms with Crippen molar-refractivity contribution < 1.29 is 18.3 Å². The molecule has 5 rings (SSSR count). The highest BCUT2D eigenvalue weighted by atomic mass is 19.4. The van der Waals surface area contributed by atoms with E-state index in [-0.39, 0.29) is 28.4 Å². The Labute approximate surface area is 188 Å². The first-order chi connectivity index (χ1) is 16.4. The maximum absolute atomic E-state index is 14.1. The van der Waals surface area contributed by atoms with Gasteiger partial charge in [-0.1, -0.05) is 0 Å². The van der Waals surface area contributed by atoms with Gasteiger partial charge in [0.15, 0.2) is 23.4 Å². The number of nitrogens with zero attached hydrogens (tertiary/aromatic N) is 9. The van der Waals surface area contributed by atoms with Crippen LogP contribution in [-0.4, -0.2) is 44.2 Å². The fourth-order valence-corrected chi connectivity index (χ4v) is 3.46.